The molecule has 0 spiro atoms. The van der Waals surface area contributed by atoms with Crippen LogP contribution in [0.5, 0.6) is 0 Å². The number of nitrogens with two attached hydrogens (primary N) is 1. The number of rotatable bonds is 8. The molecule has 0 radical (unpaired) electrons. The standard InChI is InChI=1S/C13H16N4O2S/c14-12(18)8-19-6-5-15-7-10-9-20-13(17-10)11-3-1-2-4-16-11/h1-4,9,15H,5-8H2,(H2,14,18). The maximum Gasteiger partial charge on any atom is 0.243 e. The second kappa shape index (κ2) is 7.68. The van der Waals surface area contributed by atoms with E-state index in [9.17, 15) is 4.79 Å². The Morgan fingerprint density at radius 3 is 3.10 bits per heavy atom. The summed E-state index contributed by atoms with van der Waals surface area (Å²) in [7, 11) is 0. The molecule has 106 valence electrons. The van der Waals surface area contributed by atoms with E-state index < -0.39 is 5.91 Å². The van der Waals surface area contributed by atoms with Gasteiger partial charge in [0, 0.05) is 24.7 Å². The maximum atomic E-state index is 10.5. The molecule has 3 N–H and O–H groups in total. The first kappa shape index (κ1) is 14.6. The number of hydrogen-bond donors (Lipinski definition) is 2. The van der Waals surface area contributed by atoms with E-state index in [4.69, 9.17) is 10.5 Å². The van der Waals surface area contributed by atoms with E-state index in [0.29, 0.717) is 19.7 Å². The van der Waals surface area contributed by atoms with Gasteiger partial charge in [-0.2, -0.15) is 0 Å². The molecule has 0 aliphatic carbocycles. The van der Waals surface area contributed by atoms with Crippen molar-refractivity contribution >= 4 is 17.2 Å². The molecule has 0 saturated heterocycles. The van der Waals surface area contributed by atoms with E-state index in [2.05, 4.69) is 15.3 Å². The number of carbonyl (C=O) groups is 1. The van der Waals surface area contributed by atoms with Gasteiger partial charge in [0.15, 0.2) is 0 Å². The molecule has 2 aromatic heterocycles. The first-order valence-electron chi connectivity index (χ1n) is 6.18. The molecule has 7 heteroatoms. The van der Waals surface area contributed by atoms with Gasteiger partial charge in [-0.05, 0) is 12.1 Å². The van der Waals surface area contributed by atoms with Crippen LogP contribution in [0.1, 0.15) is 5.69 Å². The Labute approximate surface area is 121 Å². The average molecular weight is 292 g/mol. The Bertz CT molecular complexity index is 544. The Kier molecular flexibility index (Phi) is 5.60. The maximum absolute atomic E-state index is 10.5. The lowest BCUT2D eigenvalue weighted by molar-refractivity contribution is -0.122. The zero-order chi connectivity index (χ0) is 14.2. The number of thiazole rings is 1. The van der Waals surface area contributed by atoms with Crippen molar-refractivity contribution in [3.05, 3.63) is 35.5 Å². The van der Waals surface area contributed by atoms with Gasteiger partial charge < -0.3 is 15.8 Å². The van der Waals surface area contributed by atoms with Gasteiger partial charge in [-0.3, -0.25) is 9.78 Å². The van der Waals surface area contributed by atoms with Gasteiger partial charge in [0.2, 0.25) is 5.91 Å². The minimum Gasteiger partial charge on any atom is -0.370 e. The van der Waals surface area contributed by atoms with Gasteiger partial charge in [-0.1, -0.05) is 6.07 Å². The topological polar surface area (TPSA) is 90.1 Å². The number of carbonyl (C=O) groups excluding carboxylic acids is 1. The van der Waals surface area contributed by atoms with Gasteiger partial charge >= 0.3 is 0 Å². The number of pyridine rings is 1. The average Bonchev–Trinajstić information content (AvgIpc) is 2.92. The van der Waals surface area contributed by atoms with Crippen LogP contribution < -0.4 is 11.1 Å². The minimum absolute atomic E-state index is 0.0395. The van der Waals surface area contributed by atoms with Crippen LogP contribution in [0.15, 0.2) is 29.8 Å². The van der Waals surface area contributed by atoms with E-state index in [1.54, 1.807) is 17.5 Å². The lowest BCUT2D eigenvalue weighted by Gasteiger charge is -2.03. The van der Waals surface area contributed by atoms with Crippen molar-refractivity contribution in [2.24, 2.45) is 5.73 Å². The predicted molar refractivity (Wildman–Crippen MR) is 77.1 cm³/mol. The highest BCUT2D eigenvalue weighted by Crippen LogP contribution is 2.20. The third-order valence-corrected chi connectivity index (χ3v) is 3.32. The van der Waals surface area contributed by atoms with Crippen molar-refractivity contribution in [3.63, 3.8) is 0 Å². The summed E-state index contributed by atoms with van der Waals surface area (Å²) in [4.78, 5) is 19.2. The van der Waals surface area contributed by atoms with E-state index >= 15 is 0 Å². The van der Waals surface area contributed by atoms with Crippen LogP contribution in [0.25, 0.3) is 10.7 Å². The zero-order valence-electron chi connectivity index (χ0n) is 10.9. The molecule has 0 aliphatic rings. The third-order valence-electron chi connectivity index (χ3n) is 2.41. The van der Waals surface area contributed by atoms with Crippen LogP contribution >= 0.6 is 11.3 Å². The second-order valence-electron chi connectivity index (χ2n) is 4.05. The molecule has 0 aliphatic heterocycles. The Morgan fingerprint density at radius 2 is 2.35 bits per heavy atom. The monoisotopic (exact) mass is 292 g/mol. The van der Waals surface area contributed by atoms with Gasteiger partial charge in [0.1, 0.15) is 11.6 Å². The summed E-state index contributed by atoms with van der Waals surface area (Å²) in [5.41, 5.74) is 6.80. The molecule has 2 aromatic rings. The lowest BCUT2D eigenvalue weighted by atomic mass is 10.3. The Hall–Kier alpha value is -1.83. The van der Waals surface area contributed by atoms with Gasteiger partial charge in [0.05, 0.1) is 18.0 Å². The van der Waals surface area contributed by atoms with Crippen LogP contribution in [0.2, 0.25) is 0 Å². The van der Waals surface area contributed by atoms with Crippen LogP contribution in [-0.4, -0.2) is 35.6 Å². The first-order chi connectivity index (χ1) is 9.75. The second-order valence-corrected chi connectivity index (χ2v) is 4.91. The SMILES string of the molecule is NC(=O)COCCNCc1csc(-c2ccccn2)n1. The van der Waals surface area contributed by atoms with Crippen molar-refractivity contribution in [1.82, 2.24) is 15.3 Å². The Balaban J connectivity index is 1.72. The van der Waals surface area contributed by atoms with Gasteiger partial charge in [0.25, 0.3) is 0 Å². The zero-order valence-corrected chi connectivity index (χ0v) is 11.7. The Morgan fingerprint density at radius 1 is 1.45 bits per heavy atom. The van der Waals surface area contributed by atoms with Crippen LogP contribution in [-0.2, 0) is 16.1 Å². The van der Waals surface area contributed by atoms with Crippen LogP contribution in [0, 0.1) is 0 Å². The summed E-state index contributed by atoms with van der Waals surface area (Å²) in [6.45, 7) is 1.70. The first-order valence-corrected chi connectivity index (χ1v) is 7.06. The fourth-order valence-electron chi connectivity index (χ4n) is 1.53. The molecule has 0 saturated carbocycles. The smallest absolute Gasteiger partial charge is 0.243 e. The van der Waals surface area contributed by atoms with Crippen molar-refractivity contribution in [2.45, 2.75) is 6.54 Å². The van der Waals surface area contributed by atoms with Crippen molar-refractivity contribution in [3.8, 4) is 10.7 Å². The van der Waals surface area contributed by atoms with E-state index in [-0.39, 0.29) is 6.61 Å². The number of hydrogen-bond acceptors (Lipinski definition) is 6. The fraction of sp³-hybridized carbons (Fsp3) is 0.308. The summed E-state index contributed by atoms with van der Waals surface area (Å²) in [5.74, 6) is -0.454. The van der Waals surface area contributed by atoms with Crippen LogP contribution in [0.4, 0.5) is 0 Å². The number of primary amides is 1. The molecule has 0 unspecified atom stereocenters. The van der Waals surface area contributed by atoms with E-state index in [1.807, 2.05) is 23.6 Å². The number of aromatic nitrogens is 2. The molecule has 6 nitrogen and oxygen atoms in total. The largest absolute Gasteiger partial charge is 0.370 e. The van der Waals surface area contributed by atoms with E-state index in [1.165, 1.54) is 0 Å². The predicted octanol–water partition coefficient (Wildman–Crippen LogP) is 0.797. The number of nitrogens with one attached hydrogen (secondary N) is 1. The van der Waals surface area contributed by atoms with Crippen molar-refractivity contribution in [1.29, 1.82) is 0 Å². The summed E-state index contributed by atoms with van der Waals surface area (Å²) < 4.78 is 5.04. The molecule has 0 aromatic carbocycles. The third kappa shape index (κ3) is 4.69. The quantitative estimate of drug-likeness (QED) is 0.702. The highest BCUT2D eigenvalue weighted by Gasteiger charge is 2.04. The summed E-state index contributed by atoms with van der Waals surface area (Å²) >= 11 is 1.57. The number of nitrogens with zero attached hydrogens (tertiary/aromatic N) is 2. The van der Waals surface area contributed by atoms with Gasteiger partial charge in [-0.25, -0.2) is 4.98 Å². The van der Waals surface area contributed by atoms with Crippen LogP contribution in [0.3, 0.4) is 0 Å². The molecule has 0 fully saturated rings. The highest BCUT2D eigenvalue weighted by atomic mass is 32.1. The van der Waals surface area contributed by atoms with E-state index in [0.717, 1.165) is 16.4 Å². The molecular weight excluding hydrogens is 276 g/mol. The summed E-state index contributed by atoms with van der Waals surface area (Å²) in [6, 6.07) is 5.76. The highest BCUT2D eigenvalue weighted by molar-refractivity contribution is 7.13. The molecule has 2 rings (SSSR count). The molecule has 1 amide bonds. The fourth-order valence-corrected chi connectivity index (χ4v) is 2.32. The minimum atomic E-state index is -0.454. The molecule has 2 heterocycles. The number of amides is 1. The molecule has 0 bridgehead atoms. The normalized spacial score (nSPS) is 10.6. The van der Waals surface area contributed by atoms with Gasteiger partial charge in [-0.15, -0.1) is 11.3 Å². The summed E-state index contributed by atoms with van der Waals surface area (Å²) in [5, 5.41) is 6.10. The summed E-state index contributed by atoms with van der Waals surface area (Å²) in [6.07, 6.45) is 1.75. The molecule has 0 atom stereocenters. The van der Waals surface area contributed by atoms with Crippen molar-refractivity contribution in [2.75, 3.05) is 19.8 Å². The number of ether oxygens (including phenoxy) is 1. The molecular formula is C13H16N4O2S. The van der Waals surface area contributed by atoms with Crippen molar-refractivity contribution < 1.29 is 9.53 Å². The lowest BCUT2D eigenvalue weighted by Crippen LogP contribution is -2.23. The molecule has 20 heavy (non-hydrogen) atoms.